The maximum absolute atomic E-state index is 15.4. The van der Waals surface area contributed by atoms with Crippen molar-refractivity contribution in [3.63, 3.8) is 0 Å². The summed E-state index contributed by atoms with van der Waals surface area (Å²) in [4.78, 5) is 46.7. The third-order valence-corrected chi connectivity index (χ3v) is 6.21. The standard InChI is InChI=1S/C28H33FN4O4/c1-15(2)12-21(33-11-10-16(3)13-22(33)34)28(37)31-20(14-23(35)36)26-25(29)19(6)30-27(32-26)24-17(4)8-7-9-18(24)5/h7-11,13,15,20-21H,12,14H2,1-6H3,(H,31,37)(H,35,36)/t20-,21+/m1/s1. The van der Waals surface area contributed by atoms with Crippen LogP contribution in [0.5, 0.6) is 0 Å². The van der Waals surface area contributed by atoms with E-state index < -0.39 is 36.2 Å². The van der Waals surface area contributed by atoms with Crippen LogP contribution in [0.2, 0.25) is 0 Å². The Morgan fingerprint density at radius 1 is 1.08 bits per heavy atom. The quantitative estimate of drug-likeness (QED) is 0.437. The molecule has 3 rings (SSSR count). The zero-order valence-corrected chi connectivity index (χ0v) is 22.0. The highest BCUT2D eigenvalue weighted by atomic mass is 19.1. The monoisotopic (exact) mass is 508 g/mol. The average molecular weight is 509 g/mol. The van der Waals surface area contributed by atoms with E-state index in [-0.39, 0.29) is 28.7 Å². The van der Waals surface area contributed by atoms with Gasteiger partial charge in [-0.25, -0.2) is 14.4 Å². The van der Waals surface area contributed by atoms with Crippen LogP contribution < -0.4 is 10.9 Å². The second kappa shape index (κ2) is 11.5. The Bertz CT molecular complexity index is 1360. The Balaban J connectivity index is 2.09. The number of rotatable bonds is 9. The van der Waals surface area contributed by atoms with Crippen molar-refractivity contribution in [2.75, 3.05) is 0 Å². The fraction of sp³-hybridized carbons (Fsp3) is 0.393. The lowest BCUT2D eigenvalue weighted by Gasteiger charge is -2.25. The van der Waals surface area contributed by atoms with Crippen molar-refractivity contribution in [3.8, 4) is 11.4 Å². The smallest absolute Gasteiger partial charge is 0.305 e. The van der Waals surface area contributed by atoms with Gasteiger partial charge in [0.1, 0.15) is 11.7 Å². The van der Waals surface area contributed by atoms with Gasteiger partial charge in [-0.1, -0.05) is 32.0 Å². The van der Waals surface area contributed by atoms with Crippen molar-refractivity contribution in [3.05, 3.63) is 80.8 Å². The number of halogens is 1. The maximum atomic E-state index is 15.4. The fourth-order valence-corrected chi connectivity index (χ4v) is 4.39. The minimum Gasteiger partial charge on any atom is -0.481 e. The number of benzene rings is 1. The van der Waals surface area contributed by atoms with E-state index in [0.29, 0.717) is 6.42 Å². The molecule has 1 aromatic carbocycles. The molecule has 0 fully saturated rings. The molecule has 0 saturated heterocycles. The average Bonchev–Trinajstić information content (AvgIpc) is 2.79. The van der Waals surface area contributed by atoms with Crippen LogP contribution in [-0.4, -0.2) is 31.5 Å². The molecular formula is C28H33FN4O4. The number of carbonyl (C=O) groups is 2. The van der Waals surface area contributed by atoms with Crippen LogP contribution in [0.3, 0.4) is 0 Å². The summed E-state index contributed by atoms with van der Waals surface area (Å²) in [6.07, 6.45) is 1.28. The molecule has 0 aliphatic carbocycles. The highest BCUT2D eigenvalue weighted by Crippen LogP contribution is 2.29. The van der Waals surface area contributed by atoms with Gasteiger partial charge in [0.25, 0.3) is 5.56 Å². The Morgan fingerprint density at radius 3 is 2.30 bits per heavy atom. The summed E-state index contributed by atoms with van der Waals surface area (Å²) in [5.41, 5.74) is 2.72. The number of pyridine rings is 1. The van der Waals surface area contributed by atoms with E-state index in [1.54, 1.807) is 19.2 Å². The summed E-state index contributed by atoms with van der Waals surface area (Å²) in [6, 6.07) is 6.63. The summed E-state index contributed by atoms with van der Waals surface area (Å²) in [6.45, 7) is 10.9. The molecule has 1 amide bonds. The van der Waals surface area contributed by atoms with Crippen molar-refractivity contribution >= 4 is 11.9 Å². The number of carboxylic acids is 1. The molecule has 3 aromatic rings. The third kappa shape index (κ3) is 6.47. The van der Waals surface area contributed by atoms with Crippen molar-refractivity contribution in [2.45, 2.75) is 66.5 Å². The van der Waals surface area contributed by atoms with Gasteiger partial charge in [-0.2, -0.15) is 0 Å². The lowest BCUT2D eigenvalue weighted by Crippen LogP contribution is -2.40. The van der Waals surface area contributed by atoms with Crippen LogP contribution in [0.15, 0.2) is 41.3 Å². The topological polar surface area (TPSA) is 114 Å². The zero-order chi connectivity index (χ0) is 27.4. The highest BCUT2D eigenvalue weighted by Gasteiger charge is 2.30. The number of aryl methyl sites for hydroxylation is 4. The molecule has 0 saturated carbocycles. The second-order valence-corrected chi connectivity index (χ2v) is 9.85. The molecular weight excluding hydrogens is 475 g/mol. The van der Waals surface area contributed by atoms with Crippen LogP contribution in [-0.2, 0) is 9.59 Å². The summed E-state index contributed by atoms with van der Waals surface area (Å²) < 4.78 is 16.7. The number of hydrogen-bond acceptors (Lipinski definition) is 5. The number of aliphatic carboxylic acids is 1. The summed E-state index contributed by atoms with van der Waals surface area (Å²) in [5.74, 6) is -2.30. The van der Waals surface area contributed by atoms with Crippen LogP contribution >= 0.6 is 0 Å². The van der Waals surface area contributed by atoms with Crippen molar-refractivity contribution in [1.29, 1.82) is 0 Å². The van der Waals surface area contributed by atoms with E-state index in [0.717, 1.165) is 22.3 Å². The normalized spacial score (nSPS) is 12.9. The van der Waals surface area contributed by atoms with Gasteiger partial charge in [-0.05, 0) is 62.8 Å². The van der Waals surface area contributed by atoms with Gasteiger partial charge < -0.3 is 15.0 Å². The van der Waals surface area contributed by atoms with Crippen LogP contribution in [0.25, 0.3) is 11.4 Å². The first-order valence-corrected chi connectivity index (χ1v) is 12.2. The predicted molar refractivity (Wildman–Crippen MR) is 139 cm³/mol. The zero-order valence-electron chi connectivity index (χ0n) is 22.0. The molecule has 0 radical (unpaired) electrons. The SMILES string of the molecule is Cc1ccn([C@@H](CC(C)C)C(=O)N[C@H](CC(=O)O)c2nc(-c3c(C)cccc3C)nc(C)c2F)c(=O)c1. The summed E-state index contributed by atoms with van der Waals surface area (Å²) in [7, 11) is 0. The molecule has 2 heterocycles. The van der Waals surface area contributed by atoms with E-state index in [2.05, 4.69) is 15.3 Å². The summed E-state index contributed by atoms with van der Waals surface area (Å²) in [5, 5.41) is 12.3. The minimum atomic E-state index is -1.27. The molecule has 2 N–H and O–H groups in total. The van der Waals surface area contributed by atoms with Gasteiger partial charge >= 0.3 is 5.97 Å². The van der Waals surface area contributed by atoms with E-state index in [1.165, 1.54) is 17.6 Å². The van der Waals surface area contributed by atoms with Crippen LogP contribution in [0.1, 0.15) is 66.9 Å². The first-order valence-electron chi connectivity index (χ1n) is 12.2. The number of carboxylic acid groups (broad SMARTS) is 1. The van der Waals surface area contributed by atoms with E-state index in [4.69, 9.17) is 0 Å². The van der Waals surface area contributed by atoms with Gasteiger partial charge in [0.2, 0.25) is 5.91 Å². The predicted octanol–water partition coefficient (Wildman–Crippen LogP) is 4.60. The van der Waals surface area contributed by atoms with Crippen LogP contribution in [0.4, 0.5) is 4.39 Å². The third-order valence-electron chi connectivity index (χ3n) is 6.21. The van der Waals surface area contributed by atoms with Crippen molar-refractivity contribution in [1.82, 2.24) is 19.9 Å². The second-order valence-electron chi connectivity index (χ2n) is 9.85. The Morgan fingerprint density at radius 2 is 1.73 bits per heavy atom. The minimum absolute atomic E-state index is 0.0424. The first kappa shape index (κ1) is 27.7. The first-order chi connectivity index (χ1) is 17.4. The molecule has 8 nitrogen and oxygen atoms in total. The van der Waals surface area contributed by atoms with Gasteiger partial charge in [-0.15, -0.1) is 0 Å². The number of nitrogens with zero attached hydrogens (tertiary/aromatic N) is 3. The molecule has 0 spiro atoms. The number of amides is 1. The molecule has 0 bridgehead atoms. The lowest BCUT2D eigenvalue weighted by atomic mass is 10.00. The van der Waals surface area contributed by atoms with Gasteiger partial charge in [0, 0.05) is 17.8 Å². The largest absolute Gasteiger partial charge is 0.481 e. The number of aromatic nitrogens is 3. The summed E-state index contributed by atoms with van der Waals surface area (Å²) >= 11 is 0. The lowest BCUT2D eigenvalue weighted by molar-refractivity contribution is -0.138. The Kier molecular flexibility index (Phi) is 8.57. The maximum Gasteiger partial charge on any atom is 0.305 e. The molecule has 0 aliphatic heterocycles. The Hall–Kier alpha value is -3.88. The van der Waals surface area contributed by atoms with Crippen molar-refractivity contribution in [2.24, 2.45) is 5.92 Å². The van der Waals surface area contributed by atoms with Gasteiger partial charge in [0.05, 0.1) is 18.2 Å². The van der Waals surface area contributed by atoms with E-state index in [9.17, 15) is 19.5 Å². The molecule has 37 heavy (non-hydrogen) atoms. The molecule has 0 unspecified atom stereocenters. The van der Waals surface area contributed by atoms with E-state index >= 15 is 4.39 Å². The highest BCUT2D eigenvalue weighted by molar-refractivity contribution is 5.81. The van der Waals surface area contributed by atoms with Crippen molar-refractivity contribution < 1.29 is 19.1 Å². The number of nitrogens with one attached hydrogen (secondary N) is 1. The van der Waals surface area contributed by atoms with Gasteiger partial charge in [-0.3, -0.25) is 14.4 Å². The molecule has 2 aromatic heterocycles. The van der Waals surface area contributed by atoms with Crippen LogP contribution in [0, 0.1) is 39.4 Å². The van der Waals surface area contributed by atoms with Gasteiger partial charge in [0.15, 0.2) is 11.6 Å². The van der Waals surface area contributed by atoms with E-state index in [1.807, 2.05) is 45.9 Å². The molecule has 0 aliphatic rings. The Labute approximate surface area is 215 Å². The number of carbonyl (C=O) groups excluding carboxylic acids is 1. The molecule has 2 atom stereocenters. The number of hydrogen-bond donors (Lipinski definition) is 2. The fourth-order valence-electron chi connectivity index (χ4n) is 4.39. The molecule has 196 valence electrons. The molecule has 9 heteroatoms.